The molecule has 2 aliphatic heterocycles. The molecule has 3 aliphatic carbocycles. The molecule has 0 aromatic rings. The number of ketones is 1. The Morgan fingerprint density at radius 2 is 1.90 bits per heavy atom. The molecule has 1 amide bonds. The van der Waals surface area contributed by atoms with Crippen LogP contribution in [-0.4, -0.2) is 95.8 Å². The predicted octanol–water partition coefficient (Wildman–Crippen LogP) is 0.107. The van der Waals surface area contributed by atoms with Crippen molar-refractivity contribution in [3.63, 3.8) is 0 Å². The van der Waals surface area contributed by atoms with Crippen LogP contribution in [0, 0.1) is 28.6 Å². The van der Waals surface area contributed by atoms with E-state index in [1.807, 2.05) is 0 Å². The first kappa shape index (κ1) is 28.7. The van der Waals surface area contributed by atoms with E-state index in [4.69, 9.17) is 18.9 Å². The van der Waals surface area contributed by atoms with Crippen LogP contribution in [0.5, 0.6) is 0 Å². The molecule has 2 heterocycles. The maximum absolute atomic E-state index is 13.8. The topological polar surface area (TPSA) is 178 Å². The van der Waals surface area contributed by atoms with Crippen molar-refractivity contribution in [2.45, 2.75) is 70.6 Å². The van der Waals surface area contributed by atoms with Crippen molar-refractivity contribution < 1.29 is 53.4 Å². The van der Waals surface area contributed by atoms with E-state index in [1.54, 1.807) is 27.7 Å². The fourth-order valence-electron chi connectivity index (χ4n) is 8.53. The minimum absolute atomic E-state index is 0.0556. The average molecular weight is 564 g/mol. The zero-order chi connectivity index (χ0) is 29.4. The molecule has 1 unspecified atom stereocenters. The number of hydrogen-bond acceptors (Lipinski definition) is 11. The number of rotatable bonds is 6. The van der Waals surface area contributed by atoms with Crippen molar-refractivity contribution >= 4 is 23.6 Å². The van der Waals surface area contributed by atoms with E-state index in [0.717, 1.165) is 0 Å². The number of aliphatic hydroxyl groups is 3. The van der Waals surface area contributed by atoms with Crippen LogP contribution in [0.25, 0.3) is 0 Å². The molecule has 2 bridgehead atoms. The first-order chi connectivity index (χ1) is 18.8. The van der Waals surface area contributed by atoms with Gasteiger partial charge in [-0.1, -0.05) is 12.5 Å². The van der Waals surface area contributed by atoms with Crippen LogP contribution in [0.3, 0.4) is 0 Å². The third kappa shape index (κ3) is 3.65. The Hall–Kier alpha value is -2.80. The Morgan fingerprint density at radius 3 is 2.55 bits per heavy atom. The number of allylic oxidation sites excluding steroid dienone is 3. The van der Waals surface area contributed by atoms with Gasteiger partial charge in [0, 0.05) is 37.5 Å². The van der Waals surface area contributed by atoms with Gasteiger partial charge in [0.1, 0.15) is 12.2 Å². The minimum Gasteiger partial charge on any atom is -0.504 e. The lowest BCUT2D eigenvalue weighted by molar-refractivity contribution is -0.287. The number of fused-ring (bicyclic) bond motifs is 2. The molecule has 5 rings (SSSR count). The normalized spacial score (nSPS) is 43.3. The maximum Gasteiger partial charge on any atom is 0.348 e. The Morgan fingerprint density at radius 1 is 1.20 bits per heavy atom. The van der Waals surface area contributed by atoms with Crippen LogP contribution in [-0.2, 0) is 38.1 Å². The van der Waals surface area contributed by atoms with Crippen molar-refractivity contribution in [3.8, 4) is 0 Å². The van der Waals surface area contributed by atoms with E-state index in [2.05, 4.69) is 5.32 Å². The van der Waals surface area contributed by atoms with Gasteiger partial charge in [-0.25, -0.2) is 9.59 Å². The highest BCUT2D eigenvalue weighted by Gasteiger charge is 2.84. The van der Waals surface area contributed by atoms with E-state index in [9.17, 15) is 34.5 Å². The number of amides is 1. The first-order valence-corrected chi connectivity index (χ1v) is 13.5. The number of hydrogen-bond donors (Lipinski definition) is 4. The van der Waals surface area contributed by atoms with Gasteiger partial charge in [0.2, 0.25) is 6.10 Å². The van der Waals surface area contributed by atoms with Gasteiger partial charge < -0.3 is 39.6 Å². The van der Waals surface area contributed by atoms with Crippen molar-refractivity contribution in [2.75, 3.05) is 26.9 Å². The molecule has 0 radical (unpaired) electrons. The van der Waals surface area contributed by atoms with E-state index in [1.165, 1.54) is 13.2 Å². The molecule has 1 spiro atoms. The van der Waals surface area contributed by atoms with Gasteiger partial charge in [0.25, 0.3) is 5.91 Å². The summed E-state index contributed by atoms with van der Waals surface area (Å²) in [5.41, 5.74) is -3.43. The molecule has 2 saturated heterocycles. The Balaban J connectivity index is 1.70. The molecular formula is C28H37NO11. The molecule has 0 aromatic carbocycles. The SMILES string of the molecule is COCCNC(=O)[C@@]12OC[C@]34C([C@@H](O)[C@@H]1O)[C@@]1(C)CC(=O)C(O)=C(C)[C@@H]1C[C@H]3OC(=O)[C@H](OC(=O)C=C(C)C)[C@@H]24. The van der Waals surface area contributed by atoms with Crippen molar-refractivity contribution in [1.29, 1.82) is 0 Å². The average Bonchev–Trinajstić information content (AvgIpc) is 3.18. The highest BCUT2D eigenvalue weighted by atomic mass is 16.6. The molecule has 40 heavy (non-hydrogen) atoms. The van der Waals surface area contributed by atoms with Gasteiger partial charge in [-0.15, -0.1) is 0 Å². The van der Waals surface area contributed by atoms with Crippen LogP contribution in [0.1, 0.15) is 40.5 Å². The molecule has 12 heteroatoms. The van der Waals surface area contributed by atoms with Crippen molar-refractivity contribution in [2.24, 2.45) is 28.6 Å². The number of esters is 2. The molecule has 2 saturated carbocycles. The first-order valence-electron chi connectivity index (χ1n) is 13.5. The maximum atomic E-state index is 13.8. The standard InChI is InChI=1S/C28H37NO11/c1-12(2)8-17(31)40-20-22-27-11-38-28(22,25(36)29-6-7-37-5)23(34)19(33)21(27)26(4)10-15(30)18(32)13(3)14(26)9-16(27)39-24(20)35/h8,14,16,19-23,32-34H,6-7,9-11H2,1-5H3,(H,29,36)/t14-,16+,19+,20+,21?,22+,23-,26-,27+,28-/m0/s1. The summed E-state index contributed by atoms with van der Waals surface area (Å²) in [6.07, 6.45) is -4.73. The molecule has 12 nitrogen and oxygen atoms in total. The number of Topliss-reactive ketones (excluding diaryl/α,β-unsaturated/α-hetero) is 1. The lowest BCUT2D eigenvalue weighted by Crippen LogP contribution is -2.80. The highest BCUT2D eigenvalue weighted by molar-refractivity contribution is 5.96. The smallest absolute Gasteiger partial charge is 0.348 e. The van der Waals surface area contributed by atoms with E-state index in [0.29, 0.717) is 11.1 Å². The summed E-state index contributed by atoms with van der Waals surface area (Å²) < 4.78 is 22.8. The Labute approximate surface area is 231 Å². The molecule has 4 fully saturated rings. The highest BCUT2D eigenvalue weighted by Crippen LogP contribution is 2.72. The van der Waals surface area contributed by atoms with Crippen LogP contribution in [0.2, 0.25) is 0 Å². The fourth-order valence-corrected chi connectivity index (χ4v) is 8.53. The summed E-state index contributed by atoms with van der Waals surface area (Å²) >= 11 is 0. The summed E-state index contributed by atoms with van der Waals surface area (Å²) in [5.74, 6) is -6.01. The quantitative estimate of drug-likeness (QED) is 0.196. The largest absolute Gasteiger partial charge is 0.504 e. The number of carbonyl (C=O) groups excluding carboxylic acids is 4. The van der Waals surface area contributed by atoms with Crippen LogP contribution >= 0.6 is 0 Å². The summed E-state index contributed by atoms with van der Waals surface area (Å²) in [5, 5.41) is 36.7. The molecule has 10 atom stereocenters. The number of nitrogens with one attached hydrogen (secondary N) is 1. The lowest BCUT2D eigenvalue weighted by Gasteiger charge is -2.67. The molecule has 4 N–H and O–H groups in total. The second-order valence-electron chi connectivity index (χ2n) is 12.3. The van der Waals surface area contributed by atoms with Gasteiger partial charge >= 0.3 is 11.9 Å². The number of carbonyl (C=O) groups is 4. The Bertz CT molecular complexity index is 1210. The van der Waals surface area contributed by atoms with Gasteiger partial charge in [-0.05, 0) is 44.1 Å². The van der Waals surface area contributed by atoms with Crippen LogP contribution in [0.15, 0.2) is 23.0 Å². The van der Waals surface area contributed by atoms with E-state index >= 15 is 0 Å². The predicted molar refractivity (Wildman–Crippen MR) is 135 cm³/mol. The second-order valence-corrected chi connectivity index (χ2v) is 12.3. The van der Waals surface area contributed by atoms with Gasteiger partial charge in [0.15, 0.2) is 17.1 Å². The second kappa shape index (κ2) is 9.64. The molecule has 220 valence electrons. The third-order valence-electron chi connectivity index (χ3n) is 9.93. The molecule has 0 aromatic heterocycles. The minimum atomic E-state index is -2.16. The number of ether oxygens (including phenoxy) is 4. The monoisotopic (exact) mass is 563 g/mol. The van der Waals surface area contributed by atoms with Crippen molar-refractivity contribution in [3.05, 3.63) is 23.0 Å². The molecular weight excluding hydrogens is 526 g/mol. The zero-order valence-electron chi connectivity index (χ0n) is 23.3. The number of aliphatic hydroxyl groups excluding tert-OH is 3. The third-order valence-corrected chi connectivity index (χ3v) is 9.93. The summed E-state index contributed by atoms with van der Waals surface area (Å²) in [4.78, 5) is 53.1. The van der Waals surface area contributed by atoms with E-state index in [-0.39, 0.29) is 38.4 Å². The zero-order valence-corrected chi connectivity index (χ0v) is 23.3. The summed E-state index contributed by atoms with van der Waals surface area (Å²) in [6.45, 7) is 6.80. The van der Waals surface area contributed by atoms with Crippen molar-refractivity contribution in [1.82, 2.24) is 5.32 Å². The lowest BCUT2D eigenvalue weighted by atomic mass is 9.38. The Kier molecular flexibility index (Phi) is 6.92. The summed E-state index contributed by atoms with van der Waals surface area (Å²) in [6, 6.07) is 0. The van der Waals surface area contributed by atoms with Crippen LogP contribution in [0.4, 0.5) is 0 Å². The number of methoxy groups -OCH3 is 1. The molecule has 5 aliphatic rings. The van der Waals surface area contributed by atoms with E-state index < -0.39 is 82.2 Å². The fraction of sp³-hybridized carbons (Fsp3) is 0.714. The van der Waals surface area contributed by atoms with Gasteiger partial charge in [-0.3, -0.25) is 9.59 Å². The van der Waals surface area contributed by atoms with Gasteiger partial charge in [0.05, 0.1) is 25.2 Å². The summed E-state index contributed by atoms with van der Waals surface area (Å²) in [7, 11) is 1.45. The van der Waals surface area contributed by atoms with Gasteiger partial charge in [-0.2, -0.15) is 0 Å². The van der Waals surface area contributed by atoms with Crippen LogP contribution < -0.4 is 5.32 Å².